The van der Waals surface area contributed by atoms with E-state index in [1.807, 2.05) is 6.07 Å². The molecule has 0 aromatic heterocycles. The number of benzene rings is 1. The predicted octanol–water partition coefficient (Wildman–Crippen LogP) is 2.56. The molecule has 1 rings (SSSR count). The second kappa shape index (κ2) is 6.53. The van der Waals surface area contributed by atoms with Gasteiger partial charge in [-0.15, -0.1) is 0 Å². The third-order valence-electron chi connectivity index (χ3n) is 2.26. The van der Waals surface area contributed by atoms with E-state index in [9.17, 15) is 4.79 Å². The van der Waals surface area contributed by atoms with Crippen LogP contribution in [-0.2, 0) is 11.2 Å². The first-order valence-corrected chi connectivity index (χ1v) is 6.19. The van der Waals surface area contributed by atoms with E-state index >= 15 is 0 Å². The Bertz CT molecular complexity index is 366. The molecular formula is C12H17BrN2O. The number of amides is 1. The summed E-state index contributed by atoms with van der Waals surface area (Å²) in [5, 5.41) is 6.07. The zero-order chi connectivity index (χ0) is 12.0. The summed E-state index contributed by atoms with van der Waals surface area (Å²) in [5.41, 5.74) is 2.41. The molecule has 0 bridgehead atoms. The molecule has 0 unspecified atom stereocenters. The van der Waals surface area contributed by atoms with Gasteiger partial charge in [0.25, 0.3) is 0 Å². The topological polar surface area (TPSA) is 41.1 Å². The van der Waals surface area contributed by atoms with E-state index in [1.165, 1.54) is 12.5 Å². The molecule has 1 aromatic carbocycles. The van der Waals surface area contributed by atoms with Crippen molar-refractivity contribution < 1.29 is 4.79 Å². The van der Waals surface area contributed by atoms with Gasteiger partial charge in [0.05, 0.1) is 0 Å². The van der Waals surface area contributed by atoms with Crippen LogP contribution in [0.25, 0.3) is 0 Å². The zero-order valence-corrected chi connectivity index (χ0v) is 11.2. The monoisotopic (exact) mass is 284 g/mol. The number of halogens is 1. The summed E-state index contributed by atoms with van der Waals surface area (Å²) < 4.78 is 1.09. The van der Waals surface area contributed by atoms with Gasteiger partial charge >= 0.3 is 0 Å². The molecule has 4 heteroatoms. The van der Waals surface area contributed by atoms with E-state index < -0.39 is 0 Å². The SMILES string of the molecule is CCc1cc(Br)ccc1NCCNC(C)=O. The van der Waals surface area contributed by atoms with E-state index in [2.05, 4.69) is 45.6 Å². The Morgan fingerprint density at radius 2 is 2.12 bits per heavy atom. The molecule has 0 atom stereocenters. The maximum Gasteiger partial charge on any atom is 0.216 e. The molecule has 0 saturated carbocycles. The third-order valence-corrected chi connectivity index (χ3v) is 2.76. The van der Waals surface area contributed by atoms with Gasteiger partial charge in [-0.25, -0.2) is 0 Å². The molecule has 0 aliphatic rings. The lowest BCUT2D eigenvalue weighted by molar-refractivity contribution is -0.118. The molecule has 0 spiro atoms. The molecule has 0 fully saturated rings. The highest BCUT2D eigenvalue weighted by molar-refractivity contribution is 9.10. The highest BCUT2D eigenvalue weighted by atomic mass is 79.9. The van der Waals surface area contributed by atoms with E-state index in [0.29, 0.717) is 6.54 Å². The van der Waals surface area contributed by atoms with Gasteiger partial charge in [-0.05, 0) is 30.2 Å². The van der Waals surface area contributed by atoms with Crippen LogP contribution in [0.4, 0.5) is 5.69 Å². The lowest BCUT2D eigenvalue weighted by Gasteiger charge is -2.11. The fourth-order valence-electron chi connectivity index (χ4n) is 1.46. The zero-order valence-electron chi connectivity index (χ0n) is 9.64. The molecule has 0 aliphatic heterocycles. The lowest BCUT2D eigenvalue weighted by atomic mass is 10.1. The smallest absolute Gasteiger partial charge is 0.216 e. The fourth-order valence-corrected chi connectivity index (χ4v) is 1.87. The molecule has 0 saturated heterocycles. The van der Waals surface area contributed by atoms with Crippen LogP contribution in [-0.4, -0.2) is 19.0 Å². The van der Waals surface area contributed by atoms with Crippen molar-refractivity contribution in [2.24, 2.45) is 0 Å². The summed E-state index contributed by atoms with van der Waals surface area (Å²) in [5.74, 6) is 0.00770. The van der Waals surface area contributed by atoms with Gasteiger partial charge in [-0.1, -0.05) is 22.9 Å². The van der Waals surface area contributed by atoms with Crippen LogP contribution in [0.1, 0.15) is 19.4 Å². The molecule has 88 valence electrons. The minimum absolute atomic E-state index is 0.00770. The van der Waals surface area contributed by atoms with Crippen LogP contribution in [0.15, 0.2) is 22.7 Å². The van der Waals surface area contributed by atoms with Gasteiger partial charge in [0, 0.05) is 30.2 Å². The predicted molar refractivity (Wildman–Crippen MR) is 70.7 cm³/mol. The molecule has 1 amide bonds. The normalized spacial score (nSPS) is 9.94. The first-order chi connectivity index (χ1) is 7.63. The highest BCUT2D eigenvalue weighted by Gasteiger charge is 2.00. The molecule has 3 nitrogen and oxygen atoms in total. The van der Waals surface area contributed by atoms with Crippen molar-refractivity contribution in [1.29, 1.82) is 0 Å². The van der Waals surface area contributed by atoms with Crippen molar-refractivity contribution in [2.45, 2.75) is 20.3 Å². The van der Waals surface area contributed by atoms with Gasteiger partial charge in [0.1, 0.15) is 0 Å². The van der Waals surface area contributed by atoms with Crippen LogP contribution < -0.4 is 10.6 Å². The average molecular weight is 285 g/mol. The number of anilines is 1. The fraction of sp³-hybridized carbons (Fsp3) is 0.417. The van der Waals surface area contributed by atoms with Gasteiger partial charge in [-0.2, -0.15) is 0 Å². The van der Waals surface area contributed by atoms with Crippen molar-refractivity contribution in [2.75, 3.05) is 18.4 Å². The standard InChI is InChI=1S/C12H17BrN2O/c1-3-10-8-11(13)4-5-12(10)15-7-6-14-9(2)16/h4-5,8,15H,3,6-7H2,1-2H3,(H,14,16). The van der Waals surface area contributed by atoms with E-state index in [4.69, 9.17) is 0 Å². The number of rotatable bonds is 5. The second-order valence-electron chi connectivity index (χ2n) is 3.56. The van der Waals surface area contributed by atoms with Gasteiger partial charge in [0.2, 0.25) is 5.91 Å². The van der Waals surface area contributed by atoms with Gasteiger partial charge < -0.3 is 10.6 Å². The Hall–Kier alpha value is -1.03. The van der Waals surface area contributed by atoms with E-state index in [1.54, 1.807) is 0 Å². The van der Waals surface area contributed by atoms with Gasteiger partial charge in [0.15, 0.2) is 0 Å². The van der Waals surface area contributed by atoms with Crippen LogP contribution in [0, 0.1) is 0 Å². The van der Waals surface area contributed by atoms with Crippen LogP contribution in [0.2, 0.25) is 0 Å². The Morgan fingerprint density at radius 3 is 2.75 bits per heavy atom. The van der Waals surface area contributed by atoms with E-state index in [0.717, 1.165) is 23.1 Å². The third kappa shape index (κ3) is 4.23. The second-order valence-corrected chi connectivity index (χ2v) is 4.48. The molecule has 0 aliphatic carbocycles. The van der Waals surface area contributed by atoms with Crippen molar-refractivity contribution >= 4 is 27.5 Å². The average Bonchev–Trinajstić information content (AvgIpc) is 2.25. The molecule has 0 heterocycles. The summed E-state index contributed by atoms with van der Waals surface area (Å²) >= 11 is 3.45. The Labute approximate surface area is 105 Å². The molecule has 16 heavy (non-hydrogen) atoms. The highest BCUT2D eigenvalue weighted by Crippen LogP contribution is 2.21. The number of hydrogen-bond donors (Lipinski definition) is 2. The van der Waals surface area contributed by atoms with Crippen LogP contribution in [0.3, 0.4) is 0 Å². The van der Waals surface area contributed by atoms with Crippen molar-refractivity contribution in [1.82, 2.24) is 5.32 Å². The van der Waals surface area contributed by atoms with Crippen molar-refractivity contribution in [3.8, 4) is 0 Å². The number of hydrogen-bond acceptors (Lipinski definition) is 2. The summed E-state index contributed by atoms with van der Waals surface area (Å²) in [7, 11) is 0. The first kappa shape index (κ1) is 13.0. The maximum atomic E-state index is 10.7. The van der Waals surface area contributed by atoms with Crippen LogP contribution in [0.5, 0.6) is 0 Å². The maximum absolute atomic E-state index is 10.7. The summed E-state index contributed by atoms with van der Waals surface area (Å²) in [6, 6.07) is 6.18. The molecule has 1 aromatic rings. The number of carbonyl (C=O) groups excluding carboxylic acids is 1. The Morgan fingerprint density at radius 1 is 1.38 bits per heavy atom. The lowest BCUT2D eigenvalue weighted by Crippen LogP contribution is -2.26. The van der Waals surface area contributed by atoms with Crippen molar-refractivity contribution in [3.63, 3.8) is 0 Å². The molecule has 0 radical (unpaired) electrons. The van der Waals surface area contributed by atoms with Gasteiger partial charge in [-0.3, -0.25) is 4.79 Å². The minimum atomic E-state index is 0.00770. The molecular weight excluding hydrogens is 268 g/mol. The largest absolute Gasteiger partial charge is 0.383 e. The number of nitrogens with one attached hydrogen (secondary N) is 2. The summed E-state index contributed by atoms with van der Waals surface area (Å²) in [4.78, 5) is 10.7. The van der Waals surface area contributed by atoms with Crippen LogP contribution >= 0.6 is 15.9 Å². The van der Waals surface area contributed by atoms with Crippen molar-refractivity contribution in [3.05, 3.63) is 28.2 Å². The molecule has 2 N–H and O–H groups in total. The minimum Gasteiger partial charge on any atom is -0.383 e. The first-order valence-electron chi connectivity index (χ1n) is 5.40. The number of carbonyl (C=O) groups is 1. The van der Waals surface area contributed by atoms with E-state index in [-0.39, 0.29) is 5.91 Å². The Balaban J connectivity index is 2.50. The summed E-state index contributed by atoms with van der Waals surface area (Å²) in [6.45, 7) is 5.04. The summed E-state index contributed by atoms with van der Waals surface area (Å²) in [6.07, 6.45) is 0.988. The quantitative estimate of drug-likeness (QED) is 0.816. The Kier molecular flexibility index (Phi) is 5.32. The number of aryl methyl sites for hydroxylation is 1.